The van der Waals surface area contributed by atoms with Crippen molar-refractivity contribution in [3.8, 4) is 11.1 Å². The van der Waals surface area contributed by atoms with Gasteiger partial charge < -0.3 is 49.6 Å². The van der Waals surface area contributed by atoms with Crippen molar-refractivity contribution in [3.63, 3.8) is 0 Å². The fourth-order valence-electron chi connectivity index (χ4n) is 12.4. The number of benzene rings is 2. The Balaban J connectivity index is 0.000000310. The smallest absolute Gasteiger partial charge is 0.407 e. The molecule has 0 radical (unpaired) electrons. The summed E-state index contributed by atoms with van der Waals surface area (Å²) in [5, 5.41) is 35.7. The second-order valence-electron chi connectivity index (χ2n) is 24.4. The van der Waals surface area contributed by atoms with E-state index in [0.29, 0.717) is 42.4 Å². The van der Waals surface area contributed by atoms with E-state index in [1.54, 1.807) is 13.8 Å². The number of amides is 2. The van der Waals surface area contributed by atoms with Crippen LogP contribution in [0.3, 0.4) is 0 Å². The molecule has 12 nitrogen and oxygen atoms in total. The first-order valence-electron chi connectivity index (χ1n) is 30.3. The second kappa shape index (κ2) is 30.3. The molecule has 4 aliphatic heterocycles. The monoisotopic (exact) mass is 1070 g/mol. The van der Waals surface area contributed by atoms with Gasteiger partial charge >= 0.3 is 6.09 Å². The normalized spacial score (nSPS) is 29.0. The van der Waals surface area contributed by atoms with Gasteiger partial charge in [0.25, 0.3) is 0 Å². The van der Waals surface area contributed by atoms with Crippen LogP contribution in [0.1, 0.15) is 208 Å². The number of alkyl carbamates (subject to hydrolysis) is 1. The quantitative estimate of drug-likeness (QED) is 0.0534. The van der Waals surface area contributed by atoms with Crippen LogP contribution >= 0.6 is 0 Å². The van der Waals surface area contributed by atoms with Crippen molar-refractivity contribution >= 4 is 12.0 Å². The van der Waals surface area contributed by atoms with E-state index < -0.39 is 30.0 Å². The number of fused-ring (bicyclic) bond motifs is 3. The third-order valence-electron chi connectivity index (χ3n) is 17.8. The van der Waals surface area contributed by atoms with Gasteiger partial charge in [-0.25, -0.2) is 4.79 Å². The lowest BCUT2D eigenvalue weighted by atomic mass is 9.85. The molecule has 432 valence electrons. The summed E-state index contributed by atoms with van der Waals surface area (Å²) in [6.07, 6.45) is 23.1. The fourth-order valence-corrected chi connectivity index (χ4v) is 12.4. The first-order valence-corrected chi connectivity index (χ1v) is 30.3. The van der Waals surface area contributed by atoms with Crippen LogP contribution in [-0.4, -0.2) is 101 Å². The lowest BCUT2D eigenvalue weighted by molar-refractivity contribution is -0.324. The number of carbonyl (C=O) groups excluding carboxylic acids is 2. The number of nitrogens with one attached hydrogen (secondary N) is 2. The highest BCUT2D eigenvalue weighted by atomic mass is 16.7. The molecule has 1 aliphatic carbocycles. The van der Waals surface area contributed by atoms with Gasteiger partial charge in [0.15, 0.2) is 11.6 Å². The molecule has 4 heterocycles. The molecule has 4 saturated heterocycles. The van der Waals surface area contributed by atoms with Crippen molar-refractivity contribution in [3.05, 3.63) is 83.0 Å². The molecular formula is C65H102N2O10. The molecule has 5 N–H and O–H groups in total. The second-order valence-corrected chi connectivity index (χ2v) is 24.4. The Morgan fingerprint density at radius 3 is 1.62 bits per heavy atom. The lowest BCUT2D eigenvalue weighted by Gasteiger charge is -2.48. The van der Waals surface area contributed by atoms with Crippen LogP contribution in [-0.2, 0) is 28.5 Å². The third-order valence-corrected chi connectivity index (χ3v) is 17.8. The van der Waals surface area contributed by atoms with Gasteiger partial charge in [-0.05, 0) is 168 Å². The van der Waals surface area contributed by atoms with Crippen LogP contribution in [0.2, 0.25) is 0 Å². The van der Waals surface area contributed by atoms with E-state index in [2.05, 4.69) is 81.7 Å². The number of aliphatic hydroxyl groups is 3. The molecular weight excluding hydrogens is 969 g/mol. The Hall–Kier alpha value is -3.62. The van der Waals surface area contributed by atoms with Gasteiger partial charge in [0, 0.05) is 44.7 Å². The fraction of sp³-hybridized carbons (Fsp3) is 0.723. The topological polar surface area (TPSA) is 165 Å². The SMILES string of the molecule is C/C(=C\[C@@H](C)CC[C@@H]1CCC[C@]2(CCC(C)[C@@H](CCCNC(=O)[C@@H](C)[C@@H](O)CNC(=O)OCC3c4ccccc4-c4ccccc43)O2)O1)[C@H](C)O.CCCC[C@H]1O[C@@]2(CCC[C@@H](CC[C@H](C)/C=C(\C)[C@H](C)O)O2)CCC1C. The van der Waals surface area contributed by atoms with Crippen molar-refractivity contribution in [2.24, 2.45) is 29.6 Å². The molecule has 4 fully saturated rings. The Bertz CT molecular complexity index is 2150. The summed E-state index contributed by atoms with van der Waals surface area (Å²) in [5.74, 6) is 0.114. The maximum atomic E-state index is 12.9. The Morgan fingerprint density at radius 1 is 0.662 bits per heavy atom. The molecule has 2 unspecified atom stereocenters. The first-order chi connectivity index (χ1) is 36.8. The average molecular weight is 1070 g/mol. The largest absolute Gasteiger partial charge is 0.449 e. The van der Waals surface area contributed by atoms with Gasteiger partial charge in [-0.2, -0.15) is 0 Å². The van der Waals surface area contributed by atoms with Crippen molar-refractivity contribution in [1.29, 1.82) is 0 Å². The molecule has 77 heavy (non-hydrogen) atoms. The number of carbonyl (C=O) groups is 2. The highest BCUT2D eigenvalue weighted by Gasteiger charge is 2.46. The van der Waals surface area contributed by atoms with E-state index in [1.807, 2.05) is 45.0 Å². The number of hydrogen-bond donors (Lipinski definition) is 5. The first kappa shape index (κ1) is 62.6. The predicted molar refractivity (Wildman–Crippen MR) is 307 cm³/mol. The lowest BCUT2D eigenvalue weighted by Crippen LogP contribution is -2.50. The Kier molecular flexibility index (Phi) is 24.6. The molecule has 0 bridgehead atoms. The minimum atomic E-state index is -1.05. The van der Waals surface area contributed by atoms with Crippen molar-refractivity contribution in [2.45, 2.75) is 251 Å². The zero-order valence-corrected chi connectivity index (χ0v) is 49.0. The highest BCUT2D eigenvalue weighted by molar-refractivity contribution is 5.80. The van der Waals surface area contributed by atoms with Gasteiger partial charge in [-0.15, -0.1) is 0 Å². The van der Waals surface area contributed by atoms with Crippen molar-refractivity contribution < 1.29 is 48.6 Å². The van der Waals surface area contributed by atoms with E-state index in [0.717, 1.165) is 123 Å². The molecule has 2 aromatic carbocycles. The van der Waals surface area contributed by atoms with E-state index in [1.165, 1.54) is 32.1 Å². The molecule has 5 aliphatic rings. The Labute approximate surface area is 464 Å². The summed E-state index contributed by atoms with van der Waals surface area (Å²) in [4.78, 5) is 25.5. The number of rotatable bonds is 23. The summed E-state index contributed by atoms with van der Waals surface area (Å²) in [6, 6.07) is 16.3. The molecule has 2 amide bonds. The number of unbranched alkanes of at least 4 members (excludes halogenated alkanes) is 1. The molecule has 2 spiro atoms. The minimum Gasteiger partial charge on any atom is -0.449 e. The summed E-state index contributed by atoms with van der Waals surface area (Å²) in [7, 11) is 0. The maximum Gasteiger partial charge on any atom is 0.407 e. The summed E-state index contributed by atoms with van der Waals surface area (Å²) in [6.45, 7) is 21.2. The molecule has 0 aromatic heterocycles. The number of ether oxygens (including phenoxy) is 5. The van der Waals surface area contributed by atoms with Crippen LogP contribution in [0.15, 0.2) is 71.8 Å². The summed E-state index contributed by atoms with van der Waals surface area (Å²) < 4.78 is 32.2. The number of allylic oxidation sites excluding steroid dienone is 2. The average Bonchev–Trinajstić information content (AvgIpc) is 3.76. The standard InChI is InChI=1S/C42H60N2O7.C23H42O3/c1-27(24-29(3)31(5)45)18-19-32-12-10-21-42(50-32)22-20-28(2)39(51-42)17-11-23-43-40(47)30(4)38(46)25-44-41(48)49-26-37-35-15-8-6-13-33(35)34-14-7-9-16-36(34)37;1-6-7-10-22-18(3)13-15-23(26-22)14-8-9-21(25-23)12-11-17(2)16-19(4)20(5)24/h6-9,13-16,24,27-28,30-32,37-39,45-46H,10-12,17-23,25-26H2,1-5H3,(H,43,47)(H,44,48);16-18,20-22,24H,6-15H2,1-5H3/b29-24+;19-16+/t27-,28?,30-,31-,32-,38-,39+,42-;17-,18?,20-,21-,22+,23-/m00/s1. The summed E-state index contributed by atoms with van der Waals surface area (Å²) >= 11 is 0. The van der Waals surface area contributed by atoms with E-state index in [-0.39, 0.29) is 49.1 Å². The van der Waals surface area contributed by atoms with E-state index in [4.69, 9.17) is 23.7 Å². The minimum absolute atomic E-state index is 0.0500. The molecule has 12 heteroatoms. The maximum absolute atomic E-state index is 12.9. The van der Waals surface area contributed by atoms with Crippen molar-refractivity contribution in [1.82, 2.24) is 10.6 Å². The van der Waals surface area contributed by atoms with Gasteiger partial charge in [0.1, 0.15) is 6.61 Å². The van der Waals surface area contributed by atoms with E-state index in [9.17, 15) is 24.9 Å². The van der Waals surface area contributed by atoms with Gasteiger partial charge in [0.2, 0.25) is 5.91 Å². The van der Waals surface area contributed by atoms with Gasteiger partial charge in [-0.1, -0.05) is 115 Å². The van der Waals surface area contributed by atoms with Crippen LogP contribution in [0.5, 0.6) is 0 Å². The molecule has 2 aromatic rings. The summed E-state index contributed by atoms with van der Waals surface area (Å²) in [5.41, 5.74) is 6.66. The van der Waals surface area contributed by atoms with E-state index >= 15 is 0 Å². The van der Waals surface area contributed by atoms with Crippen LogP contribution < -0.4 is 10.6 Å². The number of aliphatic hydroxyl groups excluding tert-OH is 3. The third kappa shape index (κ3) is 18.5. The van der Waals surface area contributed by atoms with Crippen molar-refractivity contribution in [2.75, 3.05) is 19.7 Å². The van der Waals surface area contributed by atoms with Gasteiger partial charge in [-0.3, -0.25) is 4.79 Å². The highest BCUT2D eigenvalue weighted by Crippen LogP contribution is 2.46. The van der Waals surface area contributed by atoms with Crippen LogP contribution in [0.4, 0.5) is 4.79 Å². The van der Waals surface area contributed by atoms with Crippen LogP contribution in [0.25, 0.3) is 11.1 Å². The predicted octanol–water partition coefficient (Wildman–Crippen LogP) is 13.2. The number of hydrogen-bond acceptors (Lipinski definition) is 10. The zero-order chi connectivity index (χ0) is 55.7. The van der Waals surface area contributed by atoms with Gasteiger partial charge in [0.05, 0.1) is 48.6 Å². The Morgan fingerprint density at radius 2 is 1.14 bits per heavy atom. The van der Waals surface area contributed by atoms with Crippen LogP contribution in [0, 0.1) is 29.6 Å². The molecule has 0 saturated carbocycles. The molecule has 14 atom stereocenters. The molecule has 7 rings (SSSR count). The zero-order valence-electron chi connectivity index (χ0n) is 49.0.